The summed E-state index contributed by atoms with van der Waals surface area (Å²) < 4.78 is 36.3. The van der Waals surface area contributed by atoms with E-state index in [1.807, 2.05) is 13.8 Å². The number of hydrogen-bond acceptors (Lipinski definition) is 4. The van der Waals surface area contributed by atoms with E-state index in [-0.39, 0.29) is 25.1 Å². The number of rotatable bonds is 6. The fourth-order valence-corrected chi connectivity index (χ4v) is 2.98. The number of nitrogens with zero attached hydrogens (tertiary/aromatic N) is 1. The molecule has 0 radical (unpaired) electrons. The van der Waals surface area contributed by atoms with Crippen molar-refractivity contribution in [2.45, 2.75) is 90.0 Å². The van der Waals surface area contributed by atoms with E-state index in [1.54, 1.807) is 0 Å². The SMILES string of the molecule is CC(C)OCC1CCC(F)(F)CN1.CC(C)OCC1CCCCN1C. The second kappa shape index (κ2) is 11.4. The lowest BCUT2D eigenvalue weighted by atomic mass is 10.0. The van der Waals surface area contributed by atoms with Crippen molar-refractivity contribution in [3.63, 3.8) is 0 Å². The molecule has 0 aliphatic carbocycles. The van der Waals surface area contributed by atoms with Crippen molar-refractivity contribution in [1.29, 1.82) is 0 Å². The number of nitrogens with one attached hydrogen (secondary N) is 1. The van der Waals surface area contributed by atoms with Gasteiger partial charge in [0.05, 0.1) is 32.0 Å². The zero-order valence-corrected chi connectivity index (χ0v) is 16.7. The second-order valence-electron chi connectivity index (χ2n) is 7.87. The number of likely N-dealkylation sites (N-methyl/N-ethyl adjacent to an activating group) is 1. The van der Waals surface area contributed by atoms with Gasteiger partial charge in [0.1, 0.15) is 0 Å². The third-order valence-electron chi connectivity index (χ3n) is 4.68. The van der Waals surface area contributed by atoms with E-state index in [1.165, 1.54) is 25.8 Å². The Labute approximate surface area is 152 Å². The number of halogens is 2. The van der Waals surface area contributed by atoms with Crippen LogP contribution >= 0.6 is 0 Å². The molecule has 2 unspecified atom stereocenters. The lowest BCUT2D eigenvalue weighted by molar-refractivity contribution is -0.0426. The van der Waals surface area contributed by atoms with Crippen LogP contribution in [-0.2, 0) is 9.47 Å². The number of ether oxygens (including phenoxy) is 2. The van der Waals surface area contributed by atoms with Crippen molar-refractivity contribution in [3.05, 3.63) is 0 Å². The first-order valence-corrected chi connectivity index (χ1v) is 9.74. The molecule has 0 spiro atoms. The van der Waals surface area contributed by atoms with E-state index in [4.69, 9.17) is 9.47 Å². The van der Waals surface area contributed by atoms with Crippen LogP contribution in [0.25, 0.3) is 0 Å². The molecule has 2 aliphatic heterocycles. The van der Waals surface area contributed by atoms with Crippen LogP contribution < -0.4 is 5.32 Å². The Hall–Kier alpha value is -0.300. The molecule has 1 N–H and O–H groups in total. The minimum absolute atomic E-state index is 0.0217. The van der Waals surface area contributed by atoms with Gasteiger partial charge in [0.25, 0.3) is 5.92 Å². The topological polar surface area (TPSA) is 33.7 Å². The van der Waals surface area contributed by atoms with E-state index in [2.05, 4.69) is 31.1 Å². The normalized spacial score (nSPS) is 27.2. The maximum atomic E-state index is 12.7. The minimum Gasteiger partial charge on any atom is -0.377 e. The Morgan fingerprint density at radius 1 is 1.04 bits per heavy atom. The van der Waals surface area contributed by atoms with Gasteiger partial charge in [-0.15, -0.1) is 0 Å². The second-order valence-corrected chi connectivity index (χ2v) is 7.87. The highest BCUT2D eigenvalue weighted by Gasteiger charge is 2.34. The average Bonchev–Trinajstić information content (AvgIpc) is 2.53. The zero-order chi connectivity index (χ0) is 18.9. The van der Waals surface area contributed by atoms with Crippen molar-refractivity contribution in [2.75, 3.05) is 33.4 Å². The standard InChI is InChI=1S/C10H21NO.C9H17F2NO/c1-9(2)12-8-10-6-4-5-7-11(10)3;1-7(2)13-5-8-3-4-9(10,11)6-12-8/h9-10H,4-8H2,1-3H3;7-8,12H,3-6H2,1-2H3. The highest BCUT2D eigenvalue weighted by molar-refractivity contribution is 4.82. The van der Waals surface area contributed by atoms with Crippen molar-refractivity contribution >= 4 is 0 Å². The molecule has 0 amide bonds. The summed E-state index contributed by atoms with van der Waals surface area (Å²) in [7, 11) is 2.20. The molecule has 2 saturated heterocycles. The number of likely N-dealkylation sites (tertiary alicyclic amines) is 1. The molecule has 6 heteroatoms. The van der Waals surface area contributed by atoms with Gasteiger partial charge in [-0.2, -0.15) is 0 Å². The quantitative estimate of drug-likeness (QED) is 0.779. The third-order valence-corrected chi connectivity index (χ3v) is 4.68. The van der Waals surface area contributed by atoms with Crippen molar-refractivity contribution in [3.8, 4) is 0 Å². The predicted octanol–water partition coefficient (Wildman–Crippen LogP) is 3.69. The first-order chi connectivity index (χ1) is 11.7. The molecule has 0 aromatic carbocycles. The van der Waals surface area contributed by atoms with Gasteiger partial charge in [-0.1, -0.05) is 6.42 Å². The van der Waals surface area contributed by atoms with E-state index >= 15 is 0 Å². The van der Waals surface area contributed by atoms with E-state index in [9.17, 15) is 8.78 Å². The molecular formula is C19H38F2N2O2. The van der Waals surface area contributed by atoms with Crippen molar-refractivity contribution in [1.82, 2.24) is 10.2 Å². The molecule has 2 rings (SSSR count). The molecule has 0 saturated carbocycles. The summed E-state index contributed by atoms with van der Waals surface area (Å²) in [5, 5.41) is 2.79. The summed E-state index contributed by atoms with van der Waals surface area (Å²) in [5.74, 6) is -2.52. The van der Waals surface area contributed by atoms with Crippen LogP contribution in [0.5, 0.6) is 0 Å². The summed E-state index contributed by atoms with van der Waals surface area (Å²) >= 11 is 0. The lowest BCUT2D eigenvalue weighted by Gasteiger charge is -2.32. The maximum Gasteiger partial charge on any atom is 0.260 e. The average molecular weight is 365 g/mol. The van der Waals surface area contributed by atoms with Crippen LogP contribution in [0.4, 0.5) is 8.78 Å². The number of hydrogen-bond donors (Lipinski definition) is 1. The number of piperidine rings is 2. The van der Waals surface area contributed by atoms with Crippen LogP contribution in [0.15, 0.2) is 0 Å². The van der Waals surface area contributed by atoms with Crippen molar-refractivity contribution < 1.29 is 18.3 Å². The van der Waals surface area contributed by atoms with Crippen LogP contribution in [0.2, 0.25) is 0 Å². The van der Waals surface area contributed by atoms with Gasteiger partial charge in [0, 0.05) is 18.5 Å². The van der Waals surface area contributed by atoms with Gasteiger partial charge < -0.3 is 19.7 Å². The Balaban J connectivity index is 0.000000251. The highest BCUT2D eigenvalue weighted by atomic mass is 19.3. The van der Waals surface area contributed by atoms with Crippen LogP contribution in [0.3, 0.4) is 0 Å². The van der Waals surface area contributed by atoms with E-state index in [0.717, 1.165) is 6.61 Å². The Kier molecular flexibility index (Phi) is 10.4. The Morgan fingerprint density at radius 2 is 1.68 bits per heavy atom. The molecule has 0 aromatic rings. The summed E-state index contributed by atoms with van der Waals surface area (Å²) in [5.41, 5.74) is 0. The molecule has 2 atom stereocenters. The fraction of sp³-hybridized carbons (Fsp3) is 1.00. The van der Waals surface area contributed by atoms with Crippen molar-refractivity contribution in [2.24, 2.45) is 0 Å². The summed E-state index contributed by atoms with van der Waals surface area (Å²) in [6.45, 7) is 10.6. The van der Waals surface area contributed by atoms with Gasteiger partial charge in [0.15, 0.2) is 0 Å². The van der Waals surface area contributed by atoms with Gasteiger partial charge in [-0.05, 0) is 60.5 Å². The van der Waals surface area contributed by atoms with Gasteiger partial charge in [-0.25, -0.2) is 8.78 Å². The highest BCUT2D eigenvalue weighted by Crippen LogP contribution is 2.24. The smallest absolute Gasteiger partial charge is 0.260 e. The Morgan fingerprint density at radius 3 is 2.20 bits per heavy atom. The zero-order valence-electron chi connectivity index (χ0n) is 16.7. The molecule has 4 nitrogen and oxygen atoms in total. The van der Waals surface area contributed by atoms with E-state index in [0.29, 0.717) is 25.2 Å². The van der Waals surface area contributed by atoms with Crippen LogP contribution in [0, 0.1) is 0 Å². The molecule has 2 heterocycles. The van der Waals surface area contributed by atoms with Gasteiger partial charge in [0.2, 0.25) is 0 Å². The molecular weight excluding hydrogens is 326 g/mol. The maximum absolute atomic E-state index is 12.7. The fourth-order valence-electron chi connectivity index (χ4n) is 2.98. The molecule has 2 aliphatic rings. The van der Waals surface area contributed by atoms with Crippen LogP contribution in [-0.4, -0.2) is 68.5 Å². The third kappa shape index (κ3) is 10.4. The van der Waals surface area contributed by atoms with Gasteiger partial charge in [-0.3, -0.25) is 0 Å². The summed E-state index contributed by atoms with van der Waals surface area (Å²) in [6, 6.07) is 0.767. The predicted molar refractivity (Wildman–Crippen MR) is 98.4 cm³/mol. The van der Waals surface area contributed by atoms with E-state index < -0.39 is 5.92 Å². The van der Waals surface area contributed by atoms with Gasteiger partial charge >= 0.3 is 0 Å². The van der Waals surface area contributed by atoms with Crippen LogP contribution in [0.1, 0.15) is 59.8 Å². The molecule has 25 heavy (non-hydrogen) atoms. The largest absolute Gasteiger partial charge is 0.377 e. The minimum atomic E-state index is -2.52. The summed E-state index contributed by atoms with van der Waals surface area (Å²) in [4.78, 5) is 2.42. The number of alkyl halides is 2. The summed E-state index contributed by atoms with van der Waals surface area (Å²) in [6.07, 6.45) is 5.06. The first-order valence-electron chi connectivity index (χ1n) is 9.74. The lowest BCUT2D eigenvalue weighted by Crippen LogP contribution is -2.47. The molecule has 0 bridgehead atoms. The molecule has 0 aromatic heterocycles. The Bertz CT molecular complexity index is 342. The molecule has 150 valence electrons. The monoisotopic (exact) mass is 364 g/mol. The molecule has 2 fully saturated rings. The first kappa shape index (κ1) is 22.7.